The predicted octanol–water partition coefficient (Wildman–Crippen LogP) is 2.80. The highest BCUT2D eigenvalue weighted by Crippen LogP contribution is 2.19. The molecule has 0 aliphatic heterocycles. The second kappa shape index (κ2) is 6.44. The molecule has 7 heteroatoms. The molecule has 1 heterocycles. The highest BCUT2D eigenvalue weighted by atomic mass is 19.4. The van der Waals surface area contributed by atoms with Gasteiger partial charge in [-0.1, -0.05) is 12.1 Å². The Balaban J connectivity index is 1.88. The van der Waals surface area contributed by atoms with Gasteiger partial charge >= 0.3 is 6.18 Å². The van der Waals surface area contributed by atoms with Gasteiger partial charge in [-0.25, -0.2) is 4.98 Å². The van der Waals surface area contributed by atoms with E-state index < -0.39 is 12.8 Å². The molecule has 0 radical (unpaired) electrons. The monoisotopic (exact) mass is 301 g/mol. The maximum Gasteiger partial charge on any atom is 0.411 e. The lowest BCUT2D eigenvalue weighted by Gasteiger charge is -2.14. The SMILES string of the molecule is CC(NCCOCC(F)(F)F)c1nc2ccccc2n1C. The summed E-state index contributed by atoms with van der Waals surface area (Å²) in [5, 5.41) is 3.11. The molecule has 1 atom stereocenters. The van der Waals surface area contributed by atoms with Crippen molar-refractivity contribution in [3.63, 3.8) is 0 Å². The fourth-order valence-corrected chi connectivity index (χ4v) is 2.18. The minimum Gasteiger partial charge on any atom is -0.371 e. The summed E-state index contributed by atoms with van der Waals surface area (Å²) in [6.07, 6.45) is -4.27. The number of aromatic nitrogens is 2. The van der Waals surface area contributed by atoms with Gasteiger partial charge in [-0.2, -0.15) is 13.2 Å². The zero-order valence-corrected chi connectivity index (χ0v) is 11.9. The molecule has 21 heavy (non-hydrogen) atoms. The lowest BCUT2D eigenvalue weighted by molar-refractivity contribution is -0.173. The van der Waals surface area contributed by atoms with E-state index in [1.807, 2.05) is 42.8 Å². The number of hydrogen-bond acceptors (Lipinski definition) is 3. The minimum atomic E-state index is -4.27. The third kappa shape index (κ3) is 4.18. The van der Waals surface area contributed by atoms with Crippen LogP contribution in [0.25, 0.3) is 11.0 Å². The number of halogens is 3. The number of para-hydroxylation sites is 2. The van der Waals surface area contributed by atoms with E-state index in [1.165, 1.54) is 0 Å². The molecule has 0 saturated carbocycles. The Labute approximate surface area is 120 Å². The van der Waals surface area contributed by atoms with Crippen LogP contribution >= 0.6 is 0 Å². The van der Waals surface area contributed by atoms with Crippen LogP contribution in [0.3, 0.4) is 0 Å². The van der Waals surface area contributed by atoms with Crippen LogP contribution in [-0.4, -0.2) is 35.5 Å². The second-order valence-corrected chi connectivity index (χ2v) is 4.86. The van der Waals surface area contributed by atoms with Gasteiger partial charge in [0.2, 0.25) is 0 Å². The summed E-state index contributed by atoms with van der Waals surface area (Å²) in [6, 6.07) is 7.69. The summed E-state index contributed by atoms with van der Waals surface area (Å²) in [5.74, 6) is 0.840. The largest absolute Gasteiger partial charge is 0.411 e. The number of aryl methyl sites for hydroxylation is 1. The Morgan fingerprint density at radius 1 is 1.33 bits per heavy atom. The number of fused-ring (bicyclic) bond motifs is 1. The first-order valence-electron chi connectivity index (χ1n) is 6.68. The Bertz CT molecular complexity index is 595. The van der Waals surface area contributed by atoms with Crippen molar-refractivity contribution < 1.29 is 17.9 Å². The van der Waals surface area contributed by atoms with Crippen LogP contribution in [-0.2, 0) is 11.8 Å². The number of rotatable bonds is 6. The first kappa shape index (κ1) is 15.8. The van der Waals surface area contributed by atoms with E-state index in [4.69, 9.17) is 0 Å². The van der Waals surface area contributed by atoms with Crippen molar-refractivity contribution in [1.29, 1.82) is 0 Å². The summed E-state index contributed by atoms with van der Waals surface area (Å²) < 4.78 is 42.3. The van der Waals surface area contributed by atoms with Crippen LogP contribution in [0.15, 0.2) is 24.3 Å². The molecule has 2 aromatic rings. The van der Waals surface area contributed by atoms with Gasteiger partial charge < -0.3 is 14.6 Å². The van der Waals surface area contributed by atoms with Gasteiger partial charge in [-0.05, 0) is 19.1 Å². The van der Waals surface area contributed by atoms with Crippen molar-refractivity contribution in [2.24, 2.45) is 7.05 Å². The smallest absolute Gasteiger partial charge is 0.371 e. The molecule has 0 aliphatic rings. The topological polar surface area (TPSA) is 39.1 Å². The van der Waals surface area contributed by atoms with Crippen molar-refractivity contribution in [2.75, 3.05) is 19.8 Å². The van der Waals surface area contributed by atoms with Gasteiger partial charge in [0.1, 0.15) is 12.4 Å². The van der Waals surface area contributed by atoms with Gasteiger partial charge in [-0.15, -0.1) is 0 Å². The normalized spacial score (nSPS) is 13.8. The van der Waals surface area contributed by atoms with Crippen molar-refractivity contribution in [3.05, 3.63) is 30.1 Å². The Morgan fingerprint density at radius 3 is 2.71 bits per heavy atom. The molecule has 4 nitrogen and oxygen atoms in total. The van der Waals surface area contributed by atoms with Crippen LogP contribution in [0.1, 0.15) is 18.8 Å². The molecule has 116 valence electrons. The van der Waals surface area contributed by atoms with E-state index in [0.717, 1.165) is 16.9 Å². The third-order valence-corrected chi connectivity index (χ3v) is 3.17. The molecule has 1 aromatic carbocycles. The quantitative estimate of drug-likeness (QED) is 0.834. The molecule has 1 aromatic heterocycles. The fourth-order valence-electron chi connectivity index (χ4n) is 2.18. The molecule has 0 amide bonds. The van der Waals surface area contributed by atoms with Crippen LogP contribution < -0.4 is 5.32 Å². The third-order valence-electron chi connectivity index (χ3n) is 3.17. The molecule has 0 aliphatic carbocycles. The highest BCUT2D eigenvalue weighted by Gasteiger charge is 2.27. The van der Waals surface area contributed by atoms with Gasteiger partial charge in [0.25, 0.3) is 0 Å². The van der Waals surface area contributed by atoms with E-state index in [1.54, 1.807) is 0 Å². The average Bonchev–Trinajstić information content (AvgIpc) is 2.75. The Hall–Kier alpha value is -1.60. The zero-order valence-electron chi connectivity index (χ0n) is 11.9. The minimum absolute atomic E-state index is 0.00773. The number of ether oxygens (including phenoxy) is 1. The van der Waals surface area contributed by atoms with Gasteiger partial charge in [-0.3, -0.25) is 0 Å². The number of alkyl halides is 3. The molecule has 1 N–H and O–H groups in total. The van der Waals surface area contributed by atoms with E-state index in [0.29, 0.717) is 6.54 Å². The summed E-state index contributed by atoms with van der Waals surface area (Å²) in [5.41, 5.74) is 1.92. The highest BCUT2D eigenvalue weighted by molar-refractivity contribution is 5.75. The van der Waals surface area contributed by atoms with Gasteiger partial charge in [0, 0.05) is 13.6 Å². The average molecular weight is 301 g/mol. The molecule has 0 saturated heterocycles. The fraction of sp³-hybridized carbons (Fsp3) is 0.500. The Morgan fingerprint density at radius 2 is 2.05 bits per heavy atom. The molecule has 0 bridgehead atoms. The summed E-state index contributed by atoms with van der Waals surface area (Å²) >= 11 is 0. The van der Waals surface area contributed by atoms with Crippen molar-refractivity contribution in [1.82, 2.24) is 14.9 Å². The molecule has 1 unspecified atom stereocenters. The van der Waals surface area contributed by atoms with E-state index in [9.17, 15) is 13.2 Å². The number of benzene rings is 1. The van der Waals surface area contributed by atoms with Crippen molar-refractivity contribution in [3.8, 4) is 0 Å². The lowest BCUT2D eigenvalue weighted by Crippen LogP contribution is -2.27. The van der Waals surface area contributed by atoms with Gasteiger partial charge in [0.15, 0.2) is 0 Å². The first-order chi connectivity index (χ1) is 9.88. The predicted molar refractivity (Wildman–Crippen MR) is 74.0 cm³/mol. The number of nitrogens with one attached hydrogen (secondary N) is 1. The standard InChI is InChI=1S/C14H18F3N3O/c1-10(18-7-8-21-9-14(15,16)17)13-19-11-5-3-4-6-12(11)20(13)2/h3-6,10,18H,7-9H2,1-2H3. The van der Waals surface area contributed by atoms with Crippen molar-refractivity contribution in [2.45, 2.75) is 19.1 Å². The van der Waals surface area contributed by atoms with Crippen LogP contribution in [0.4, 0.5) is 13.2 Å². The Kier molecular flexibility index (Phi) is 4.84. The molecular weight excluding hydrogens is 283 g/mol. The van der Waals surface area contributed by atoms with Crippen LogP contribution in [0.2, 0.25) is 0 Å². The lowest BCUT2D eigenvalue weighted by atomic mass is 10.3. The first-order valence-corrected chi connectivity index (χ1v) is 6.68. The second-order valence-electron chi connectivity index (χ2n) is 4.86. The summed E-state index contributed by atoms with van der Waals surface area (Å²) in [4.78, 5) is 4.53. The molecular formula is C14H18F3N3O. The number of imidazole rings is 1. The van der Waals surface area contributed by atoms with E-state index >= 15 is 0 Å². The number of nitrogens with zero attached hydrogens (tertiary/aromatic N) is 2. The van der Waals surface area contributed by atoms with Crippen molar-refractivity contribution >= 4 is 11.0 Å². The summed E-state index contributed by atoms with van der Waals surface area (Å²) in [7, 11) is 1.92. The van der Waals surface area contributed by atoms with Crippen LogP contribution in [0.5, 0.6) is 0 Å². The molecule has 2 rings (SSSR count). The van der Waals surface area contributed by atoms with Crippen LogP contribution in [0, 0.1) is 0 Å². The van der Waals surface area contributed by atoms with E-state index in [-0.39, 0.29) is 12.6 Å². The maximum atomic E-state index is 11.9. The van der Waals surface area contributed by atoms with Gasteiger partial charge in [0.05, 0.1) is 23.7 Å². The van der Waals surface area contributed by atoms with E-state index in [2.05, 4.69) is 15.0 Å². The maximum absolute atomic E-state index is 11.9. The zero-order chi connectivity index (χ0) is 15.5. The molecule has 0 spiro atoms. The summed E-state index contributed by atoms with van der Waals surface area (Å²) in [6.45, 7) is 1.05. The molecule has 0 fully saturated rings. The number of hydrogen-bond donors (Lipinski definition) is 1.